The van der Waals surface area contributed by atoms with E-state index in [-0.39, 0.29) is 6.09 Å². The molecule has 20 heavy (non-hydrogen) atoms. The lowest BCUT2D eigenvalue weighted by Gasteiger charge is -2.24. The van der Waals surface area contributed by atoms with Gasteiger partial charge < -0.3 is 10.5 Å². The number of hydrogen-bond donors (Lipinski definition) is 1. The van der Waals surface area contributed by atoms with Crippen molar-refractivity contribution in [1.29, 1.82) is 0 Å². The summed E-state index contributed by atoms with van der Waals surface area (Å²) in [6.45, 7) is 7.20. The summed E-state index contributed by atoms with van der Waals surface area (Å²) in [5.74, 6) is 0. The fourth-order valence-corrected chi connectivity index (χ4v) is 2.57. The molecule has 1 saturated carbocycles. The Morgan fingerprint density at radius 3 is 2.65 bits per heavy atom. The van der Waals surface area contributed by atoms with Gasteiger partial charge in [0.1, 0.15) is 5.60 Å². The summed E-state index contributed by atoms with van der Waals surface area (Å²) < 4.78 is 7.51. The van der Waals surface area contributed by atoms with Crippen LogP contribution in [-0.4, -0.2) is 26.4 Å². The zero-order valence-corrected chi connectivity index (χ0v) is 12.3. The zero-order chi connectivity index (χ0) is 14.5. The molecule has 6 nitrogen and oxygen atoms in total. The second-order valence-electron chi connectivity index (χ2n) is 6.59. The van der Waals surface area contributed by atoms with Crippen LogP contribution in [0.3, 0.4) is 0 Å². The Morgan fingerprint density at radius 2 is 2.10 bits per heavy atom. The summed E-state index contributed by atoms with van der Waals surface area (Å²) >= 11 is 0. The molecular formula is C14H22N4O2. The summed E-state index contributed by atoms with van der Waals surface area (Å²) in [5.41, 5.74) is 8.47. The molecule has 0 saturated heterocycles. The van der Waals surface area contributed by atoms with Gasteiger partial charge in [-0.2, -0.15) is 5.10 Å². The highest BCUT2D eigenvalue weighted by molar-refractivity contribution is 5.69. The van der Waals surface area contributed by atoms with Crippen LogP contribution in [0.5, 0.6) is 0 Å². The summed E-state index contributed by atoms with van der Waals surface area (Å²) in [6.07, 6.45) is 2.08. The van der Waals surface area contributed by atoms with Gasteiger partial charge in [-0.05, 0) is 33.6 Å². The molecule has 2 heterocycles. The molecule has 3 rings (SSSR count). The van der Waals surface area contributed by atoms with E-state index in [2.05, 4.69) is 9.78 Å². The molecule has 0 bridgehead atoms. The van der Waals surface area contributed by atoms with Gasteiger partial charge in [0.25, 0.3) is 0 Å². The quantitative estimate of drug-likeness (QED) is 0.897. The molecule has 1 aromatic rings. The molecule has 1 fully saturated rings. The Bertz CT molecular complexity index is 540. The average molecular weight is 278 g/mol. The van der Waals surface area contributed by atoms with E-state index in [0.29, 0.717) is 25.7 Å². The number of aromatic nitrogens is 2. The predicted molar refractivity (Wildman–Crippen MR) is 73.9 cm³/mol. The van der Waals surface area contributed by atoms with Crippen LogP contribution in [0.1, 0.15) is 56.6 Å². The van der Waals surface area contributed by atoms with E-state index in [1.807, 2.05) is 20.8 Å². The lowest BCUT2D eigenvalue weighted by molar-refractivity contribution is 0.0237. The third-order valence-corrected chi connectivity index (χ3v) is 3.63. The van der Waals surface area contributed by atoms with Crippen molar-refractivity contribution in [2.75, 3.05) is 0 Å². The van der Waals surface area contributed by atoms with Crippen LogP contribution in [0.15, 0.2) is 0 Å². The first-order valence-electron chi connectivity index (χ1n) is 7.16. The molecule has 0 spiro atoms. The van der Waals surface area contributed by atoms with Crippen LogP contribution in [0.25, 0.3) is 0 Å². The molecule has 2 aliphatic rings. The van der Waals surface area contributed by atoms with Crippen molar-refractivity contribution in [3.8, 4) is 0 Å². The molecule has 6 heteroatoms. The first kappa shape index (κ1) is 13.4. The van der Waals surface area contributed by atoms with Gasteiger partial charge in [0, 0.05) is 12.1 Å². The van der Waals surface area contributed by atoms with E-state index in [0.717, 1.165) is 17.0 Å². The van der Waals surface area contributed by atoms with E-state index in [1.54, 1.807) is 4.90 Å². The number of nitrogens with two attached hydrogens (primary N) is 1. The maximum atomic E-state index is 12.2. The highest BCUT2D eigenvalue weighted by Gasteiger charge is 2.36. The first-order chi connectivity index (χ1) is 9.39. The van der Waals surface area contributed by atoms with Crippen molar-refractivity contribution in [3.05, 3.63) is 17.0 Å². The molecule has 0 unspecified atom stereocenters. The summed E-state index contributed by atoms with van der Waals surface area (Å²) in [6, 6.07) is 0.502. The van der Waals surface area contributed by atoms with Crippen LogP contribution in [0, 0.1) is 0 Å². The number of ether oxygens (including phenoxy) is 1. The van der Waals surface area contributed by atoms with Gasteiger partial charge in [-0.3, -0.25) is 9.58 Å². The smallest absolute Gasteiger partial charge is 0.410 e. The Balaban J connectivity index is 1.79. The number of amides is 1. The molecule has 110 valence electrons. The average Bonchev–Trinajstić information content (AvgIpc) is 2.98. The maximum Gasteiger partial charge on any atom is 0.410 e. The van der Waals surface area contributed by atoms with Crippen molar-refractivity contribution in [2.45, 2.75) is 64.9 Å². The molecule has 1 aliphatic heterocycles. The molecule has 0 radical (unpaired) electrons. The molecule has 2 N–H and O–H groups in total. The van der Waals surface area contributed by atoms with Crippen LogP contribution in [-0.2, 0) is 24.4 Å². The Hall–Kier alpha value is -1.56. The molecule has 1 amide bonds. The monoisotopic (exact) mass is 278 g/mol. The standard InChI is InChI=1S/C14H22N4O2/c1-14(2,3)20-13(19)17-7-10-11(6-15)16-18(9-4-5-9)12(10)8-17/h9H,4-8,15H2,1-3H3. The first-order valence-corrected chi connectivity index (χ1v) is 7.16. The maximum absolute atomic E-state index is 12.2. The second-order valence-corrected chi connectivity index (χ2v) is 6.59. The normalized spacial score (nSPS) is 18.3. The number of nitrogens with zero attached hydrogens (tertiary/aromatic N) is 3. The van der Waals surface area contributed by atoms with Crippen LogP contribution < -0.4 is 5.73 Å². The van der Waals surface area contributed by atoms with E-state index in [1.165, 1.54) is 12.8 Å². The number of carbonyl (C=O) groups is 1. The summed E-state index contributed by atoms with van der Waals surface area (Å²) in [5, 5.41) is 4.59. The van der Waals surface area contributed by atoms with Crippen molar-refractivity contribution in [2.24, 2.45) is 5.73 Å². The van der Waals surface area contributed by atoms with E-state index in [4.69, 9.17) is 10.5 Å². The molecular weight excluding hydrogens is 256 g/mol. The highest BCUT2D eigenvalue weighted by atomic mass is 16.6. The van der Waals surface area contributed by atoms with Gasteiger partial charge >= 0.3 is 6.09 Å². The lowest BCUT2D eigenvalue weighted by Crippen LogP contribution is -2.34. The SMILES string of the molecule is CC(C)(C)OC(=O)N1Cc2c(CN)nn(C3CC3)c2C1. The fourth-order valence-electron chi connectivity index (χ4n) is 2.57. The van der Waals surface area contributed by atoms with Crippen molar-refractivity contribution >= 4 is 6.09 Å². The Labute approximate surface area is 118 Å². The second kappa shape index (κ2) is 4.48. The highest BCUT2D eigenvalue weighted by Crippen LogP contribution is 2.39. The Kier molecular flexibility index (Phi) is 3.01. The summed E-state index contributed by atoms with van der Waals surface area (Å²) in [4.78, 5) is 13.9. The fraction of sp³-hybridized carbons (Fsp3) is 0.714. The minimum atomic E-state index is -0.467. The Morgan fingerprint density at radius 1 is 1.40 bits per heavy atom. The third kappa shape index (κ3) is 2.40. The number of fused-ring (bicyclic) bond motifs is 1. The lowest BCUT2D eigenvalue weighted by atomic mass is 10.2. The van der Waals surface area contributed by atoms with Gasteiger partial charge in [-0.1, -0.05) is 0 Å². The van der Waals surface area contributed by atoms with Crippen LogP contribution in [0.2, 0.25) is 0 Å². The third-order valence-electron chi connectivity index (χ3n) is 3.63. The van der Waals surface area contributed by atoms with Crippen LogP contribution >= 0.6 is 0 Å². The molecule has 0 atom stereocenters. The van der Waals surface area contributed by atoms with Crippen molar-refractivity contribution in [3.63, 3.8) is 0 Å². The topological polar surface area (TPSA) is 73.4 Å². The van der Waals surface area contributed by atoms with E-state index < -0.39 is 5.60 Å². The number of carbonyl (C=O) groups excluding carboxylic acids is 1. The van der Waals surface area contributed by atoms with Crippen LogP contribution in [0.4, 0.5) is 4.79 Å². The summed E-state index contributed by atoms with van der Waals surface area (Å²) in [7, 11) is 0. The number of rotatable bonds is 2. The van der Waals surface area contributed by atoms with Gasteiger partial charge in [-0.15, -0.1) is 0 Å². The van der Waals surface area contributed by atoms with E-state index in [9.17, 15) is 4.79 Å². The van der Waals surface area contributed by atoms with Gasteiger partial charge in [-0.25, -0.2) is 4.79 Å². The van der Waals surface area contributed by atoms with Gasteiger partial charge in [0.2, 0.25) is 0 Å². The van der Waals surface area contributed by atoms with Gasteiger partial charge in [0.15, 0.2) is 0 Å². The number of hydrogen-bond acceptors (Lipinski definition) is 4. The largest absolute Gasteiger partial charge is 0.444 e. The molecule has 1 aromatic heterocycles. The van der Waals surface area contributed by atoms with Crippen molar-refractivity contribution in [1.82, 2.24) is 14.7 Å². The predicted octanol–water partition coefficient (Wildman–Crippen LogP) is 1.93. The van der Waals surface area contributed by atoms with Crippen molar-refractivity contribution < 1.29 is 9.53 Å². The zero-order valence-electron chi connectivity index (χ0n) is 12.3. The molecule has 0 aromatic carbocycles. The van der Waals surface area contributed by atoms with Gasteiger partial charge in [0.05, 0.1) is 30.5 Å². The minimum Gasteiger partial charge on any atom is -0.444 e. The minimum absolute atomic E-state index is 0.265. The van der Waals surface area contributed by atoms with E-state index >= 15 is 0 Å². The molecule has 1 aliphatic carbocycles.